The second-order valence-electron chi connectivity index (χ2n) is 4.79. The van der Waals surface area contributed by atoms with Crippen molar-refractivity contribution in [2.24, 2.45) is 5.14 Å². The van der Waals surface area contributed by atoms with Crippen LogP contribution >= 0.6 is 0 Å². The van der Waals surface area contributed by atoms with Gasteiger partial charge < -0.3 is 10.1 Å². The van der Waals surface area contributed by atoms with Gasteiger partial charge in [0.1, 0.15) is 0 Å². The van der Waals surface area contributed by atoms with Gasteiger partial charge in [-0.2, -0.15) is 0 Å². The molecular weight excluding hydrogens is 280 g/mol. The molecular formula is C13H18N2O4S. The smallest absolute Gasteiger partial charge is 0.251 e. The van der Waals surface area contributed by atoms with Crippen LogP contribution in [0.3, 0.4) is 0 Å². The number of benzene rings is 1. The highest BCUT2D eigenvalue weighted by Gasteiger charge is 2.30. The first kappa shape index (κ1) is 15.0. The molecule has 110 valence electrons. The molecule has 0 atom stereocenters. The van der Waals surface area contributed by atoms with Gasteiger partial charge >= 0.3 is 0 Å². The summed E-state index contributed by atoms with van der Waals surface area (Å²) in [6, 6.07) is 5.68. The summed E-state index contributed by atoms with van der Waals surface area (Å²) in [5, 5.41) is 7.88. The van der Waals surface area contributed by atoms with E-state index in [1.165, 1.54) is 24.3 Å². The van der Waals surface area contributed by atoms with Gasteiger partial charge in [-0.05, 0) is 44.0 Å². The predicted octanol–water partition coefficient (Wildman–Crippen LogP) is 0.631. The Hall–Kier alpha value is -1.44. The standard InChI is InChI=1S/C13H18N2O4S/c1-2-19-11-7-10(8-11)15-13(16)9-3-5-12(6-4-9)20(14,17)18/h3-6,10-11H,2,7-8H2,1H3,(H,15,16)(H2,14,17,18). The maximum Gasteiger partial charge on any atom is 0.251 e. The minimum absolute atomic E-state index is 0.00546. The second kappa shape index (κ2) is 5.90. The molecule has 1 fully saturated rings. The van der Waals surface area contributed by atoms with E-state index in [0.717, 1.165) is 12.8 Å². The topological polar surface area (TPSA) is 98.5 Å². The second-order valence-corrected chi connectivity index (χ2v) is 6.35. The first-order valence-corrected chi connectivity index (χ1v) is 8.00. The van der Waals surface area contributed by atoms with E-state index in [1.54, 1.807) is 0 Å². The number of hydrogen-bond donors (Lipinski definition) is 2. The van der Waals surface area contributed by atoms with E-state index in [0.29, 0.717) is 12.2 Å². The van der Waals surface area contributed by atoms with Crippen molar-refractivity contribution in [2.75, 3.05) is 6.61 Å². The fourth-order valence-corrected chi connectivity index (χ4v) is 2.64. The van der Waals surface area contributed by atoms with Crippen LogP contribution in [-0.2, 0) is 14.8 Å². The van der Waals surface area contributed by atoms with Crippen molar-refractivity contribution in [3.05, 3.63) is 29.8 Å². The molecule has 0 saturated heterocycles. The van der Waals surface area contributed by atoms with E-state index in [9.17, 15) is 13.2 Å². The molecule has 20 heavy (non-hydrogen) atoms. The van der Waals surface area contributed by atoms with Gasteiger partial charge in [0, 0.05) is 18.2 Å². The van der Waals surface area contributed by atoms with Crippen LogP contribution in [0.2, 0.25) is 0 Å². The summed E-state index contributed by atoms with van der Waals surface area (Å²) in [4.78, 5) is 11.9. The van der Waals surface area contributed by atoms with Gasteiger partial charge in [-0.25, -0.2) is 13.6 Å². The Morgan fingerprint density at radius 1 is 1.35 bits per heavy atom. The number of carbonyl (C=O) groups excluding carboxylic acids is 1. The quantitative estimate of drug-likeness (QED) is 0.833. The van der Waals surface area contributed by atoms with Crippen molar-refractivity contribution < 1.29 is 17.9 Å². The molecule has 0 aliphatic heterocycles. The average molecular weight is 298 g/mol. The molecule has 2 rings (SSSR count). The Morgan fingerprint density at radius 2 is 1.95 bits per heavy atom. The summed E-state index contributed by atoms with van der Waals surface area (Å²) >= 11 is 0. The van der Waals surface area contributed by atoms with Crippen LogP contribution in [0.5, 0.6) is 0 Å². The van der Waals surface area contributed by atoms with Gasteiger partial charge in [0.2, 0.25) is 10.0 Å². The van der Waals surface area contributed by atoms with Crippen molar-refractivity contribution in [1.29, 1.82) is 0 Å². The number of primary sulfonamides is 1. The summed E-state index contributed by atoms with van der Waals surface area (Å²) in [6.45, 7) is 2.62. The third-order valence-electron chi connectivity index (χ3n) is 3.28. The highest BCUT2D eigenvalue weighted by molar-refractivity contribution is 7.89. The minimum atomic E-state index is -3.72. The molecule has 1 amide bonds. The van der Waals surface area contributed by atoms with Gasteiger partial charge in [-0.15, -0.1) is 0 Å². The van der Waals surface area contributed by atoms with Gasteiger partial charge in [-0.3, -0.25) is 4.79 Å². The Kier molecular flexibility index (Phi) is 4.42. The van der Waals surface area contributed by atoms with E-state index in [1.807, 2.05) is 6.92 Å². The van der Waals surface area contributed by atoms with Crippen LogP contribution in [0.25, 0.3) is 0 Å². The Morgan fingerprint density at radius 3 is 2.45 bits per heavy atom. The first-order chi connectivity index (χ1) is 9.40. The zero-order valence-electron chi connectivity index (χ0n) is 11.2. The molecule has 7 heteroatoms. The highest BCUT2D eigenvalue weighted by atomic mass is 32.2. The van der Waals surface area contributed by atoms with Crippen molar-refractivity contribution in [3.8, 4) is 0 Å². The van der Waals surface area contributed by atoms with E-state index in [2.05, 4.69) is 5.32 Å². The summed E-state index contributed by atoms with van der Waals surface area (Å²) < 4.78 is 27.6. The molecule has 1 aromatic carbocycles. The highest BCUT2D eigenvalue weighted by Crippen LogP contribution is 2.23. The van der Waals surface area contributed by atoms with Crippen molar-refractivity contribution in [3.63, 3.8) is 0 Å². The Bertz CT molecular complexity index is 577. The number of ether oxygens (including phenoxy) is 1. The fourth-order valence-electron chi connectivity index (χ4n) is 2.12. The average Bonchev–Trinajstić information content (AvgIpc) is 2.35. The molecule has 1 aliphatic carbocycles. The molecule has 0 aromatic heterocycles. The van der Waals surface area contributed by atoms with Crippen molar-refractivity contribution in [1.82, 2.24) is 5.32 Å². The van der Waals surface area contributed by atoms with E-state index < -0.39 is 10.0 Å². The molecule has 0 bridgehead atoms. The summed E-state index contributed by atoms with van der Waals surface area (Å²) in [5.41, 5.74) is 0.414. The lowest BCUT2D eigenvalue weighted by Crippen LogP contribution is -2.47. The number of nitrogens with two attached hydrogens (primary N) is 1. The molecule has 1 aromatic rings. The van der Waals surface area contributed by atoms with Crippen LogP contribution < -0.4 is 10.5 Å². The molecule has 0 spiro atoms. The van der Waals surface area contributed by atoms with Crippen molar-refractivity contribution in [2.45, 2.75) is 36.8 Å². The molecule has 0 unspecified atom stereocenters. The van der Waals surface area contributed by atoms with Crippen LogP contribution in [0.4, 0.5) is 0 Å². The number of nitrogens with one attached hydrogen (secondary N) is 1. The summed E-state index contributed by atoms with van der Waals surface area (Å²) in [5.74, 6) is -0.217. The number of rotatable bonds is 5. The lowest BCUT2D eigenvalue weighted by molar-refractivity contribution is -0.00862. The monoisotopic (exact) mass is 298 g/mol. The van der Waals surface area contributed by atoms with Gasteiger partial charge in [0.05, 0.1) is 11.0 Å². The van der Waals surface area contributed by atoms with Gasteiger partial charge in [0.25, 0.3) is 5.91 Å². The number of hydrogen-bond acceptors (Lipinski definition) is 4. The molecule has 3 N–H and O–H groups in total. The molecule has 1 aliphatic rings. The molecule has 1 saturated carbocycles. The Balaban J connectivity index is 1.91. The number of carbonyl (C=O) groups is 1. The maximum atomic E-state index is 11.9. The Labute approximate surface area is 118 Å². The van der Waals surface area contributed by atoms with Crippen molar-refractivity contribution >= 4 is 15.9 Å². The fraction of sp³-hybridized carbons (Fsp3) is 0.462. The van der Waals surface area contributed by atoms with Crippen LogP contribution in [-0.4, -0.2) is 33.1 Å². The molecule has 6 nitrogen and oxygen atoms in total. The van der Waals surface area contributed by atoms with Gasteiger partial charge in [-0.1, -0.05) is 0 Å². The maximum absolute atomic E-state index is 11.9. The third-order valence-corrected chi connectivity index (χ3v) is 4.21. The largest absolute Gasteiger partial charge is 0.378 e. The van der Waals surface area contributed by atoms with Crippen LogP contribution in [0.15, 0.2) is 29.2 Å². The predicted molar refractivity (Wildman–Crippen MR) is 73.7 cm³/mol. The van der Waals surface area contributed by atoms with Crippen LogP contribution in [0.1, 0.15) is 30.1 Å². The minimum Gasteiger partial charge on any atom is -0.378 e. The zero-order valence-corrected chi connectivity index (χ0v) is 12.0. The zero-order chi connectivity index (χ0) is 14.8. The summed E-state index contributed by atoms with van der Waals surface area (Å²) in [6.07, 6.45) is 1.86. The van der Waals surface area contributed by atoms with Crippen LogP contribution in [0, 0.1) is 0 Å². The lowest BCUT2D eigenvalue weighted by atomic mass is 9.89. The molecule has 0 heterocycles. The molecule has 0 radical (unpaired) electrons. The summed E-state index contributed by atoms with van der Waals surface area (Å²) in [7, 11) is -3.72. The number of amides is 1. The lowest BCUT2D eigenvalue weighted by Gasteiger charge is -2.35. The van der Waals surface area contributed by atoms with E-state index in [4.69, 9.17) is 9.88 Å². The van der Waals surface area contributed by atoms with E-state index in [-0.39, 0.29) is 22.9 Å². The number of sulfonamides is 1. The SMILES string of the molecule is CCOC1CC(NC(=O)c2ccc(S(N)(=O)=O)cc2)C1. The van der Waals surface area contributed by atoms with E-state index >= 15 is 0 Å². The first-order valence-electron chi connectivity index (χ1n) is 6.45. The normalized spacial score (nSPS) is 22.1. The van der Waals surface area contributed by atoms with Gasteiger partial charge in [0.15, 0.2) is 0 Å². The third kappa shape index (κ3) is 3.56.